The molecule has 0 aliphatic heterocycles. The molecule has 3 rings (SSSR count). The molecule has 0 unspecified atom stereocenters. The maximum atomic E-state index is 5.48. The van der Waals surface area contributed by atoms with E-state index in [1.165, 1.54) is 11.1 Å². The minimum absolute atomic E-state index is 0.693. The molecule has 2 aromatic carbocycles. The zero-order valence-electron chi connectivity index (χ0n) is 13.7. The van der Waals surface area contributed by atoms with Crippen LogP contribution in [0.3, 0.4) is 0 Å². The lowest BCUT2D eigenvalue weighted by atomic mass is 10.2. The zero-order valence-corrected chi connectivity index (χ0v) is 13.7. The van der Waals surface area contributed by atoms with Crippen molar-refractivity contribution >= 4 is 17.0 Å². The van der Waals surface area contributed by atoms with Gasteiger partial charge in [-0.05, 0) is 43.2 Å². The molecule has 0 bridgehead atoms. The van der Waals surface area contributed by atoms with Gasteiger partial charge in [0, 0.05) is 13.1 Å². The lowest BCUT2D eigenvalue weighted by Crippen LogP contribution is -2.07. The van der Waals surface area contributed by atoms with Crippen LogP contribution in [0.25, 0.3) is 11.0 Å². The molecule has 120 valence electrons. The van der Waals surface area contributed by atoms with Gasteiger partial charge in [0.1, 0.15) is 5.75 Å². The van der Waals surface area contributed by atoms with E-state index >= 15 is 0 Å². The summed E-state index contributed by atoms with van der Waals surface area (Å²) in [5, 5.41) is 3.47. The minimum atomic E-state index is 0.693. The fraction of sp³-hybridized carbons (Fsp3) is 0.316. The number of nitrogens with zero attached hydrogens (tertiary/aromatic N) is 2. The topological polar surface area (TPSA) is 39.1 Å². The molecule has 0 radical (unpaired) electrons. The summed E-state index contributed by atoms with van der Waals surface area (Å²) in [5.74, 6) is 1.84. The predicted octanol–water partition coefficient (Wildman–Crippen LogP) is 4.46. The van der Waals surface area contributed by atoms with Crippen LogP contribution in [-0.2, 0) is 13.1 Å². The van der Waals surface area contributed by atoms with Gasteiger partial charge < -0.3 is 14.6 Å². The Hall–Kier alpha value is -2.49. The zero-order chi connectivity index (χ0) is 16.1. The van der Waals surface area contributed by atoms with Crippen molar-refractivity contribution in [1.82, 2.24) is 9.55 Å². The summed E-state index contributed by atoms with van der Waals surface area (Å²) in [6, 6.07) is 16.5. The van der Waals surface area contributed by atoms with Crippen LogP contribution in [0.5, 0.6) is 5.75 Å². The highest BCUT2D eigenvalue weighted by atomic mass is 16.5. The molecule has 3 aromatic rings. The first kappa shape index (κ1) is 15.4. The molecule has 0 spiro atoms. The van der Waals surface area contributed by atoms with E-state index in [-0.39, 0.29) is 0 Å². The van der Waals surface area contributed by atoms with E-state index in [0.717, 1.165) is 36.7 Å². The Balaban J connectivity index is 1.77. The van der Waals surface area contributed by atoms with E-state index in [4.69, 9.17) is 9.72 Å². The predicted molar refractivity (Wildman–Crippen MR) is 95.0 cm³/mol. The van der Waals surface area contributed by atoms with Gasteiger partial charge in [0.05, 0.1) is 17.6 Å². The molecule has 0 aliphatic rings. The molecule has 0 saturated heterocycles. The van der Waals surface area contributed by atoms with Crippen LogP contribution in [-0.4, -0.2) is 16.2 Å². The Morgan fingerprint density at radius 1 is 1.04 bits per heavy atom. The van der Waals surface area contributed by atoms with E-state index in [1.807, 2.05) is 25.1 Å². The number of aryl methyl sites for hydroxylation is 1. The number of fused-ring (bicyclic) bond motifs is 1. The van der Waals surface area contributed by atoms with E-state index in [9.17, 15) is 0 Å². The largest absolute Gasteiger partial charge is 0.494 e. The molecule has 0 atom stereocenters. The van der Waals surface area contributed by atoms with Gasteiger partial charge in [-0.3, -0.25) is 0 Å². The van der Waals surface area contributed by atoms with Gasteiger partial charge in [-0.25, -0.2) is 4.98 Å². The summed E-state index contributed by atoms with van der Waals surface area (Å²) in [6.07, 6.45) is 1.08. The minimum Gasteiger partial charge on any atom is -0.494 e. The highest BCUT2D eigenvalue weighted by Gasteiger charge is 2.09. The molecule has 4 nitrogen and oxygen atoms in total. The number of anilines is 1. The molecule has 1 N–H and O–H groups in total. The number of benzene rings is 2. The van der Waals surface area contributed by atoms with Crippen LogP contribution in [0, 0.1) is 0 Å². The van der Waals surface area contributed by atoms with Gasteiger partial charge in [0.15, 0.2) is 0 Å². The number of hydrogen-bond acceptors (Lipinski definition) is 3. The van der Waals surface area contributed by atoms with Crippen LogP contribution >= 0.6 is 0 Å². The van der Waals surface area contributed by atoms with Crippen LogP contribution in [0.1, 0.15) is 25.8 Å². The van der Waals surface area contributed by atoms with Crippen molar-refractivity contribution in [2.45, 2.75) is 33.4 Å². The van der Waals surface area contributed by atoms with Crippen molar-refractivity contribution in [3.05, 3.63) is 54.1 Å². The molecule has 1 heterocycles. The summed E-state index contributed by atoms with van der Waals surface area (Å²) in [6.45, 7) is 6.59. The van der Waals surface area contributed by atoms with Crippen LogP contribution in [0.2, 0.25) is 0 Å². The number of imidazole rings is 1. The average molecular weight is 309 g/mol. The summed E-state index contributed by atoms with van der Waals surface area (Å²) in [4.78, 5) is 4.72. The highest BCUT2D eigenvalue weighted by molar-refractivity contribution is 5.78. The van der Waals surface area contributed by atoms with Crippen molar-refractivity contribution < 1.29 is 4.74 Å². The SMILES string of the molecule is CCCn1c(NCc2ccc(OCC)cc2)nc2ccccc21. The third-order valence-electron chi connectivity index (χ3n) is 3.79. The Labute approximate surface area is 137 Å². The van der Waals surface area contributed by atoms with Gasteiger partial charge in [0.2, 0.25) is 5.95 Å². The second kappa shape index (κ2) is 7.18. The first-order chi connectivity index (χ1) is 11.3. The number of nitrogens with one attached hydrogen (secondary N) is 1. The summed E-state index contributed by atoms with van der Waals surface area (Å²) < 4.78 is 7.73. The second-order valence-corrected chi connectivity index (χ2v) is 5.51. The van der Waals surface area contributed by atoms with E-state index in [1.54, 1.807) is 0 Å². The summed E-state index contributed by atoms with van der Waals surface area (Å²) >= 11 is 0. The van der Waals surface area contributed by atoms with E-state index < -0.39 is 0 Å². The van der Waals surface area contributed by atoms with Crippen LogP contribution in [0.15, 0.2) is 48.5 Å². The molecule has 0 amide bonds. The molecule has 0 saturated carbocycles. The molecular weight excluding hydrogens is 286 g/mol. The highest BCUT2D eigenvalue weighted by Crippen LogP contribution is 2.21. The quantitative estimate of drug-likeness (QED) is 0.700. The number of para-hydroxylation sites is 2. The average Bonchev–Trinajstić information content (AvgIpc) is 2.93. The van der Waals surface area contributed by atoms with Crippen LogP contribution < -0.4 is 10.1 Å². The van der Waals surface area contributed by atoms with Gasteiger partial charge >= 0.3 is 0 Å². The molecule has 4 heteroatoms. The van der Waals surface area contributed by atoms with E-state index in [0.29, 0.717) is 6.61 Å². The first-order valence-electron chi connectivity index (χ1n) is 8.22. The van der Waals surface area contributed by atoms with E-state index in [2.05, 4.69) is 47.1 Å². The van der Waals surface area contributed by atoms with Crippen molar-refractivity contribution in [3.8, 4) is 5.75 Å². The monoisotopic (exact) mass is 309 g/mol. The summed E-state index contributed by atoms with van der Waals surface area (Å²) in [7, 11) is 0. The molecule has 1 aromatic heterocycles. The van der Waals surface area contributed by atoms with Crippen molar-refractivity contribution in [2.75, 3.05) is 11.9 Å². The van der Waals surface area contributed by atoms with Gasteiger partial charge in [-0.15, -0.1) is 0 Å². The number of ether oxygens (including phenoxy) is 1. The Bertz CT molecular complexity index is 762. The molecule has 23 heavy (non-hydrogen) atoms. The van der Waals surface area contributed by atoms with Crippen LogP contribution in [0.4, 0.5) is 5.95 Å². The molecular formula is C19H23N3O. The molecule has 0 fully saturated rings. The number of aromatic nitrogens is 2. The maximum Gasteiger partial charge on any atom is 0.204 e. The van der Waals surface area contributed by atoms with Crippen molar-refractivity contribution in [1.29, 1.82) is 0 Å². The molecule has 0 aliphatic carbocycles. The normalized spacial score (nSPS) is 10.9. The first-order valence-corrected chi connectivity index (χ1v) is 8.22. The standard InChI is InChI=1S/C19H23N3O/c1-3-13-22-18-8-6-5-7-17(18)21-19(22)20-14-15-9-11-16(12-10-15)23-4-2/h5-12H,3-4,13-14H2,1-2H3,(H,20,21). The maximum absolute atomic E-state index is 5.48. The lowest BCUT2D eigenvalue weighted by Gasteiger charge is -2.10. The Morgan fingerprint density at radius 2 is 1.83 bits per heavy atom. The smallest absolute Gasteiger partial charge is 0.204 e. The third kappa shape index (κ3) is 3.47. The van der Waals surface area contributed by atoms with Gasteiger partial charge in [-0.2, -0.15) is 0 Å². The fourth-order valence-corrected chi connectivity index (χ4v) is 2.71. The number of rotatable bonds is 7. The van der Waals surface area contributed by atoms with Gasteiger partial charge in [0.25, 0.3) is 0 Å². The fourth-order valence-electron chi connectivity index (χ4n) is 2.71. The van der Waals surface area contributed by atoms with Crippen molar-refractivity contribution in [2.24, 2.45) is 0 Å². The Morgan fingerprint density at radius 3 is 2.57 bits per heavy atom. The number of hydrogen-bond donors (Lipinski definition) is 1. The third-order valence-corrected chi connectivity index (χ3v) is 3.79. The second-order valence-electron chi connectivity index (χ2n) is 5.51. The summed E-state index contributed by atoms with van der Waals surface area (Å²) in [5.41, 5.74) is 3.43. The Kier molecular flexibility index (Phi) is 4.81. The lowest BCUT2D eigenvalue weighted by molar-refractivity contribution is 0.340. The van der Waals surface area contributed by atoms with Crippen molar-refractivity contribution in [3.63, 3.8) is 0 Å². The van der Waals surface area contributed by atoms with Gasteiger partial charge in [-0.1, -0.05) is 31.2 Å².